The SMILES string of the molecule is COc1ccc(S(=O)(=O)O/N=C2/C=C(C)C(=O)C=C2C(C)C)cc1. The maximum atomic E-state index is 12.2. The molecule has 0 unspecified atom stereocenters. The van der Waals surface area contributed by atoms with E-state index in [1.807, 2.05) is 13.8 Å². The molecule has 1 aliphatic rings. The Labute approximate surface area is 141 Å². The molecule has 2 rings (SSSR count). The average molecular weight is 349 g/mol. The molecule has 0 N–H and O–H groups in total. The van der Waals surface area contributed by atoms with Gasteiger partial charge in [-0.2, -0.15) is 8.42 Å². The molecule has 0 saturated carbocycles. The summed E-state index contributed by atoms with van der Waals surface area (Å²) in [5.74, 6) is 0.426. The highest BCUT2D eigenvalue weighted by Crippen LogP contribution is 2.22. The van der Waals surface area contributed by atoms with E-state index in [0.29, 0.717) is 22.6 Å². The first-order valence-electron chi connectivity index (χ1n) is 7.35. The van der Waals surface area contributed by atoms with Gasteiger partial charge >= 0.3 is 10.1 Å². The number of ketones is 1. The van der Waals surface area contributed by atoms with E-state index in [1.54, 1.807) is 6.92 Å². The number of oxime groups is 1. The Bertz CT molecular complexity index is 830. The molecule has 6 nitrogen and oxygen atoms in total. The van der Waals surface area contributed by atoms with E-state index in [1.165, 1.54) is 43.5 Å². The molecular weight excluding hydrogens is 330 g/mol. The predicted molar refractivity (Wildman–Crippen MR) is 90.4 cm³/mol. The van der Waals surface area contributed by atoms with Gasteiger partial charge in [-0.05, 0) is 60.4 Å². The molecule has 0 fully saturated rings. The van der Waals surface area contributed by atoms with Crippen LogP contribution >= 0.6 is 0 Å². The maximum Gasteiger partial charge on any atom is 0.358 e. The van der Waals surface area contributed by atoms with Crippen molar-refractivity contribution in [2.75, 3.05) is 7.11 Å². The molecule has 0 aromatic heterocycles. The first-order valence-corrected chi connectivity index (χ1v) is 8.75. The van der Waals surface area contributed by atoms with Gasteiger partial charge in [-0.3, -0.25) is 9.08 Å². The zero-order chi connectivity index (χ0) is 17.9. The van der Waals surface area contributed by atoms with Crippen LogP contribution in [0, 0.1) is 5.92 Å². The monoisotopic (exact) mass is 349 g/mol. The van der Waals surface area contributed by atoms with Gasteiger partial charge in [0.05, 0.1) is 7.11 Å². The number of benzene rings is 1. The van der Waals surface area contributed by atoms with Crippen molar-refractivity contribution >= 4 is 21.6 Å². The smallest absolute Gasteiger partial charge is 0.358 e. The lowest BCUT2D eigenvalue weighted by Crippen LogP contribution is -2.17. The number of methoxy groups -OCH3 is 1. The van der Waals surface area contributed by atoms with Gasteiger partial charge in [0.2, 0.25) is 0 Å². The Hall–Kier alpha value is -2.41. The number of hydrogen-bond acceptors (Lipinski definition) is 6. The van der Waals surface area contributed by atoms with Gasteiger partial charge < -0.3 is 4.74 Å². The van der Waals surface area contributed by atoms with Gasteiger partial charge in [0.15, 0.2) is 5.78 Å². The largest absolute Gasteiger partial charge is 0.497 e. The topological polar surface area (TPSA) is 82.0 Å². The van der Waals surface area contributed by atoms with Crippen LogP contribution in [0.15, 0.2) is 57.6 Å². The predicted octanol–water partition coefficient (Wildman–Crippen LogP) is 2.87. The summed E-state index contributed by atoms with van der Waals surface area (Å²) in [5, 5.41) is 3.76. The van der Waals surface area contributed by atoms with Crippen LogP contribution in [0.3, 0.4) is 0 Å². The molecule has 24 heavy (non-hydrogen) atoms. The number of rotatable bonds is 5. The molecule has 1 aliphatic carbocycles. The average Bonchev–Trinajstić information content (AvgIpc) is 2.55. The number of allylic oxidation sites excluding steroid dienone is 4. The van der Waals surface area contributed by atoms with Crippen LogP contribution in [0.25, 0.3) is 0 Å². The third-order valence-electron chi connectivity index (χ3n) is 3.53. The maximum absolute atomic E-state index is 12.2. The Kier molecular flexibility index (Phi) is 5.23. The van der Waals surface area contributed by atoms with Crippen molar-refractivity contribution in [2.24, 2.45) is 11.1 Å². The second-order valence-corrected chi connectivity index (χ2v) is 7.16. The first-order chi connectivity index (χ1) is 11.2. The van der Waals surface area contributed by atoms with Crippen LogP contribution < -0.4 is 4.74 Å². The fourth-order valence-corrected chi connectivity index (χ4v) is 2.84. The zero-order valence-electron chi connectivity index (χ0n) is 13.9. The molecule has 7 heteroatoms. The number of carbonyl (C=O) groups excluding carboxylic acids is 1. The van der Waals surface area contributed by atoms with Gasteiger partial charge in [0, 0.05) is 0 Å². The minimum atomic E-state index is -4.05. The molecule has 0 amide bonds. The van der Waals surface area contributed by atoms with Crippen molar-refractivity contribution in [2.45, 2.75) is 25.7 Å². The molecule has 128 valence electrons. The van der Waals surface area contributed by atoms with E-state index in [2.05, 4.69) is 5.16 Å². The minimum Gasteiger partial charge on any atom is -0.497 e. The van der Waals surface area contributed by atoms with Crippen molar-refractivity contribution < 1.29 is 22.2 Å². The van der Waals surface area contributed by atoms with Crippen LogP contribution in [0.2, 0.25) is 0 Å². The fourth-order valence-electron chi connectivity index (χ4n) is 2.10. The molecule has 0 bridgehead atoms. The standard InChI is InChI=1S/C17H19NO5S/c1-11(2)15-10-17(19)12(3)9-16(15)18-23-24(20,21)14-7-5-13(22-4)6-8-14/h5-11H,1-4H3/b18-16-. The lowest BCUT2D eigenvalue weighted by molar-refractivity contribution is -0.111. The number of ether oxygens (including phenoxy) is 1. The third kappa shape index (κ3) is 3.91. The van der Waals surface area contributed by atoms with Gasteiger partial charge in [0.1, 0.15) is 16.4 Å². The summed E-state index contributed by atoms with van der Waals surface area (Å²) in [5.41, 5.74) is 1.44. The molecule has 0 atom stereocenters. The molecule has 1 aromatic rings. The Balaban J connectivity index is 2.30. The van der Waals surface area contributed by atoms with E-state index in [0.717, 1.165) is 0 Å². The summed E-state index contributed by atoms with van der Waals surface area (Å²) in [6, 6.07) is 5.79. The van der Waals surface area contributed by atoms with Gasteiger partial charge in [-0.15, -0.1) is 0 Å². The summed E-state index contributed by atoms with van der Waals surface area (Å²) in [4.78, 5) is 11.7. The number of carbonyl (C=O) groups is 1. The number of hydrogen-bond donors (Lipinski definition) is 0. The molecular formula is C17H19NO5S. The zero-order valence-corrected chi connectivity index (χ0v) is 14.8. The first kappa shape index (κ1) is 17.9. The summed E-state index contributed by atoms with van der Waals surface area (Å²) < 4.78 is 34.2. The summed E-state index contributed by atoms with van der Waals surface area (Å²) in [6.07, 6.45) is 2.99. The van der Waals surface area contributed by atoms with Crippen molar-refractivity contribution in [3.63, 3.8) is 0 Å². The highest BCUT2D eigenvalue weighted by molar-refractivity contribution is 7.86. The third-order valence-corrected chi connectivity index (χ3v) is 4.65. The van der Waals surface area contributed by atoms with Gasteiger partial charge in [-0.25, -0.2) is 0 Å². The van der Waals surface area contributed by atoms with Crippen LogP contribution in [-0.4, -0.2) is 27.0 Å². The Morgan fingerprint density at radius 2 is 1.71 bits per heavy atom. The minimum absolute atomic E-state index is 0.00402. The van der Waals surface area contributed by atoms with Gasteiger partial charge in [0.25, 0.3) is 0 Å². The normalized spacial score (nSPS) is 16.9. The summed E-state index contributed by atoms with van der Waals surface area (Å²) in [6.45, 7) is 5.42. The van der Waals surface area contributed by atoms with Crippen LogP contribution in [0.4, 0.5) is 0 Å². The second kappa shape index (κ2) is 7.00. The highest BCUT2D eigenvalue weighted by Gasteiger charge is 2.21. The van der Waals surface area contributed by atoms with E-state index >= 15 is 0 Å². The molecule has 0 heterocycles. The van der Waals surface area contributed by atoms with Crippen molar-refractivity contribution in [1.29, 1.82) is 0 Å². The quantitative estimate of drug-likeness (QED) is 0.603. The van der Waals surface area contributed by atoms with Gasteiger partial charge in [-0.1, -0.05) is 19.0 Å². The Morgan fingerprint density at radius 1 is 1.08 bits per heavy atom. The summed E-state index contributed by atoms with van der Waals surface area (Å²) >= 11 is 0. The van der Waals surface area contributed by atoms with Crippen LogP contribution in [0.1, 0.15) is 20.8 Å². The van der Waals surface area contributed by atoms with Crippen molar-refractivity contribution in [1.82, 2.24) is 0 Å². The van der Waals surface area contributed by atoms with E-state index in [4.69, 9.17) is 9.02 Å². The lowest BCUT2D eigenvalue weighted by atomic mass is 9.90. The molecule has 0 radical (unpaired) electrons. The Morgan fingerprint density at radius 3 is 2.25 bits per heavy atom. The van der Waals surface area contributed by atoms with Crippen LogP contribution in [-0.2, 0) is 19.2 Å². The molecule has 1 aromatic carbocycles. The second-order valence-electron chi connectivity index (χ2n) is 5.63. The van der Waals surface area contributed by atoms with E-state index in [-0.39, 0.29) is 16.6 Å². The highest BCUT2D eigenvalue weighted by atomic mass is 32.2. The lowest BCUT2D eigenvalue weighted by Gasteiger charge is -2.15. The molecule has 0 saturated heterocycles. The fraction of sp³-hybridized carbons (Fsp3) is 0.294. The van der Waals surface area contributed by atoms with Crippen molar-refractivity contribution in [3.8, 4) is 5.75 Å². The summed E-state index contributed by atoms with van der Waals surface area (Å²) in [7, 11) is -2.56. The van der Waals surface area contributed by atoms with Crippen LogP contribution in [0.5, 0.6) is 5.75 Å². The van der Waals surface area contributed by atoms with E-state index < -0.39 is 10.1 Å². The van der Waals surface area contributed by atoms with E-state index in [9.17, 15) is 13.2 Å². The number of nitrogens with zero attached hydrogens (tertiary/aromatic N) is 1. The molecule has 0 aliphatic heterocycles. The van der Waals surface area contributed by atoms with Crippen molar-refractivity contribution in [3.05, 3.63) is 47.6 Å². The molecule has 0 spiro atoms.